The van der Waals surface area contributed by atoms with Gasteiger partial charge in [0.15, 0.2) is 0 Å². The topological polar surface area (TPSA) is 57.7 Å². The maximum absolute atomic E-state index is 12.1. The van der Waals surface area contributed by atoms with Crippen LogP contribution in [0.2, 0.25) is 0 Å². The molecule has 1 amide bonds. The fourth-order valence-corrected chi connectivity index (χ4v) is 3.05. The normalized spacial score (nSPS) is 11.2. The molecule has 112 valence electrons. The smallest absolute Gasteiger partial charge is 0.253 e. The third kappa shape index (κ3) is 3.72. The van der Waals surface area contributed by atoms with Crippen molar-refractivity contribution in [2.75, 3.05) is 30.2 Å². The first-order chi connectivity index (χ1) is 9.35. The average Bonchev–Trinajstić information content (AvgIpc) is 2.40. The molecule has 0 saturated carbocycles. The van der Waals surface area contributed by atoms with E-state index in [1.807, 2.05) is 13.8 Å². The van der Waals surface area contributed by atoms with E-state index in [4.69, 9.17) is 0 Å². The van der Waals surface area contributed by atoms with E-state index in [0.717, 1.165) is 0 Å². The number of carbonyl (C=O) groups excluding carboxylic acids is 1. The van der Waals surface area contributed by atoms with Gasteiger partial charge in [0.05, 0.1) is 11.9 Å². The number of hydrogen-bond acceptors (Lipinski definition) is 3. The summed E-state index contributed by atoms with van der Waals surface area (Å²) < 4.78 is 24.6. The summed E-state index contributed by atoms with van der Waals surface area (Å²) in [7, 11) is -3.29. The summed E-state index contributed by atoms with van der Waals surface area (Å²) in [5, 5.41) is 0. The lowest BCUT2D eigenvalue weighted by Gasteiger charge is -2.22. The summed E-state index contributed by atoms with van der Waals surface area (Å²) in [5.41, 5.74) is 1.15. The number of sulfonamides is 1. The quantitative estimate of drug-likeness (QED) is 0.806. The first-order valence-electron chi connectivity index (χ1n) is 6.72. The summed E-state index contributed by atoms with van der Waals surface area (Å²) >= 11 is 0. The Labute approximate surface area is 121 Å². The monoisotopic (exact) mass is 298 g/mol. The summed E-state index contributed by atoms with van der Waals surface area (Å²) in [5.74, 6) is -0.0380. The van der Waals surface area contributed by atoms with Crippen LogP contribution >= 0.6 is 0 Å². The van der Waals surface area contributed by atoms with Crippen molar-refractivity contribution in [3.63, 3.8) is 0 Å². The number of carbonyl (C=O) groups is 1. The van der Waals surface area contributed by atoms with Crippen molar-refractivity contribution in [1.82, 2.24) is 4.90 Å². The molecule has 0 atom stereocenters. The van der Waals surface area contributed by atoms with Gasteiger partial charge in [0, 0.05) is 25.2 Å². The molecule has 0 aliphatic carbocycles. The molecule has 0 saturated heterocycles. The number of benzene rings is 1. The second kappa shape index (κ2) is 6.74. The lowest BCUT2D eigenvalue weighted by molar-refractivity contribution is 0.0773. The number of anilines is 1. The van der Waals surface area contributed by atoms with E-state index < -0.39 is 10.0 Å². The van der Waals surface area contributed by atoms with Gasteiger partial charge in [-0.25, -0.2) is 8.42 Å². The third-order valence-corrected chi connectivity index (χ3v) is 4.41. The molecular formula is C14H22N2O3S. The molecule has 0 spiro atoms. The van der Waals surface area contributed by atoms with Crippen LogP contribution in [0, 0.1) is 0 Å². The van der Waals surface area contributed by atoms with Gasteiger partial charge in [-0.15, -0.1) is 0 Å². The molecule has 1 rings (SSSR count). The van der Waals surface area contributed by atoms with Gasteiger partial charge in [-0.1, -0.05) is 0 Å². The van der Waals surface area contributed by atoms with Crippen LogP contribution in [0.4, 0.5) is 5.69 Å². The highest BCUT2D eigenvalue weighted by atomic mass is 32.2. The van der Waals surface area contributed by atoms with Gasteiger partial charge in [-0.3, -0.25) is 9.10 Å². The van der Waals surface area contributed by atoms with Gasteiger partial charge in [-0.05, 0) is 45.0 Å². The number of amides is 1. The van der Waals surface area contributed by atoms with Gasteiger partial charge in [0.2, 0.25) is 10.0 Å². The van der Waals surface area contributed by atoms with Crippen LogP contribution in [0.15, 0.2) is 24.3 Å². The van der Waals surface area contributed by atoms with Crippen LogP contribution in [0.25, 0.3) is 0 Å². The van der Waals surface area contributed by atoms with Crippen LogP contribution in [-0.4, -0.2) is 45.1 Å². The molecule has 0 N–H and O–H groups in total. The van der Waals surface area contributed by atoms with Crippen LogP contribution in [0.3, 0.4) is 0 Å². The molecule has 0 aromatic heterocycles. The van der Waals surface area contributed by atoms with E-state index in [1.54, 1.807) is 36.1 Å². The molecule has 5 nitrogen and oxygen atoms in total. The molecule has 0 bridgehead atoms. The van der Waals surface area contributed by atoms with E-state index in [9.17, 15) is 13.2 Å². The van der Waals surface area contributed by atoms with Gasteiger partial charge < -0.3 is 4.90 Å². The highest BCUT2D eigenvalue weighted by molar-refractivity contribution is 7.92. The Hall–Kier alpha value is -1.56. The van der Waals surface area contributed by atoms with E-state index in [0.29, 0.717) is 30.9 Å². The molecule has 0 heterocycles. The summed E-state index contributed by atoms with van der Waals surface area (Å²) in [6, 6.07) is 6.68. The first-order valence-corrected chi connectivity index (χ1v) is 8.57. The van der Waals surface area contributed by atoms with Crippen molar-refractivity contribution in [2.24, 2.45) is 0 Å². The minimum Gasteiger partial charge on any atom is -0.339 e. The molecule has 0 aliphatic heterocycles. The zero-order valence-electron chi connectivity index (χ0n) is 12.5. The predicted molar refractivity (Wildman–Crippen MR) is 81.6 cm³/mol. The fourth-order valence-electron chi connectivity index (χ4n) is 2.07. The number of hydrogen-bond donors (Lipinski definition) is 0. The second-order valence-electron chi connectivity index (χ2n) is 4.45. The average molecular weight is 298 g/mol. The van der Waals surface area contributed by atoms with Gasteiger partial charge >= 0.3 is 0 Å². The Morgan fingerprint density at radius 1 is 1.00 bits per heavy atom. The molecule has 6 heteroatoms. The maximum atomic E-state index is 12.1. The first kappa shape index (κ1) is 16.5. The molecule has 1 aromatic carbocycles. The summed E-state index contributed by atoms with van der Waals surface area (Å²) in [4.78, 5) is 13.9. The Morgan fingerprint density at radius 2 is 1.50 bits per heavy atom. The Morgan fingerprint density at radius 3 is 1.85 bits per heavy atom. The van der Waals surface area contributed by atoms with Crippen LogP contribution in [0.5, 0.6) is 0 Å². The maximum Gasteiger partial charge on any atom is 0.253 e. The van der Waals surface area contributed by atoms with Crippen molar-refractivity contribution < 1.29 is 13.2 Å². The van der Waals surface area contributed by atoms with Crippen molar-refractivity contribution >= 4 is 21.6 Å². The minimum atomic E-state index is -3.29. The molecule has 0 radical (unpaired) electrons. The molecule has 20 heavy (non-hydrogen) atoms. The SMILES string of the molecule is CCN(CC)C(=O)c1ccc(N(CC)S(C)(=O)=O)cc1. The predicted octanol–water partition coefficient (Wildman–Crippen LogP) is 1.95. The highest BCUT2D eigenvalue weighted by Crippen LogP contribution is 2.18. The number of rotatable bonds is 6. The molecule has 0 aliphatic rings. The molecule has 1 aromatic rings. The van der Waals surface area contributed by atoms with Gasteiger partial charge in [-0.2, -0.15) is 0 Å². The zero-order valence-corrected chi connectivity index (χ0v) is 13.3. The van der Waals surface area contributed by atoms with Crippen molar-refractivity contribution in [3.05, 3.63) is 29.8 Å². The Kier molecular flexibility index (Phi) is 5.56. The van der Waals surface area contributed by atoms with Crippen molar-refractivity contribution in [3.8, 4) is 0 Å². The van der Waals surface area contributed by atoms with Crippen molar-refractivity contribution in [2.45, 2.75) is 20.8 Å². The zero-order chi connectivity index (χ0) is 15.3. The van der Waals surface area contributed by atoms with Crippen LogP contribution < -0.4 is 4.31 Å². The molecular weight excluding hydrogens is 276 g/mol. The van der Waals surface area contributed by atoms with E-state index >= 15 is 0 Å². The van der Waals surface area contributed by atoms with E-state index in [1.165, 1.54) is 10.6 Å². The third-order valence-electron chi connectivity index (χ3n) is 3.14. The standard InChI is InChI=1S/C14H22N2O3S/c1-5-15(6-2)14(17)12-8-10-13(11-9-12)16(7-3)20(4,18)19/h8-11H,5-7H2,1-4H3. The van der Waals surface area contributed by atoms with Crippen molar-refractivity contribution in [1.29, 1.82) is 0 Å². The number of nitrogens with zero attached hydrogens (tertiary/aromatic N) is 2. The van der Waals surface area contributed by atoms with Crippen LogP contribution in [-0.2, 0) is 10.0 Å². The Balaban J connectivity index is 3.02. The van der Waals surface area contributed by atoms with E-state index in [-0.39, 0.29) is 5.91 Å². The van der Waals surface area contributed by atoms with Crippen LogP contribution in [0.1, 0.15) is 31.1 Å². The Bertz CT molecular complexity index is 548. The molecule has 0 unspecified atom stereocenters. The lowest BCUT2D eigenvalue weighted by atomic mass is 10.2. The largest absolute Gasteiger partial charge is 0.339 e. The summed E-state index contributed by atoms with van der Waals surface area (Å²) in [6.07, 6.45) is 1.17. The van der Waals surface area contributed by atoms with Gasteiger partial charge in [0.1, 0.15) is 0 Å². The highest BCUT2D eigenvalue weighted by Gasteiger charge is 2.17. The summed E-state index contributed by atoms with van der Waals surface area (Å²) in [6.45, 7) is 7.30. The van der Waals surface area contributed by atoms with E-state index in [2.05, 4.69) is 0 Å². The lowest BCUT2D eigenvalue weighted by Crippen LogP contribution is -2.31. The second-order valence-corrected chi connectivity index (χ2v) is 6.36. The minimum absolute atomic E-state index is 0.0380. The molecule has 0 fully saturated rings. The van der Waals surface area contributed by atoms with Gasteiger partial charge in [0.25, 0.3) is 5.91 Å². The fraction of sp³-hybridized carbons (Fsp3) is 0.500.